The van der Waals surface area contributed by atoms with Crippen molar-refractivity contribution < 1.29 is 14.6 Å². The number of hydrogen-bond donors (Lipinski definition) is 1. The van der Waals surface area contributed by atoms with E-state index < -0.39 is 5.60 Å². The molecule has 20 heavy (non-hydrogen) atoms. The summed E-state index contributed by atoms with van der Waals surface area (Å²) in [4.78, 5) is 4.29. The molecule has 1 saturated heterocycles. The third-order valence-corrected chi connectivity index (χ3v) is 3.58. The first kappa shape index (κ1) is 13.5. The molecule has 2 heterocycles. The van der Waals surface area contributed by atoms with E-state index in [9.17, 15) is 5.11 Å². The van der Waals surface area contributed by atoms with Crippen LogP contribution in [0.15, 0.2) is 47.1 Å². The smallest absolute Gasteiger partial charge is 0.153 e. The summed E-state index contributed by atoms with van der Waals surface area (Å²) in [5.41, 5.74) is 0.670. The first-order chi connectivity index (χ1) is 9.66. The van der Waals surface area contributed by atoms with E-state index in [4.69, 9.17) is 9.47 Å². The lowest BCUT2D eigenvalue weighted by Gasteiger charge is -2.35. The molecule has 1 aliphatic heterocycles. The molecule has 1 aliphatic rings. The van der Waals surface area contributed by atoms with Crippen LogP contribution in [0.5, 0.6) is 5.75 Å². The van der Waals surface area contributed by atoms with Gasteiger partial charge in [0.05, 0.1) is 18.9 Å². The van der Waals surface area contributed by atoms with Gasteiger partial charge in [-0.3, -0.25) is 0 Å². The highest BCUT2D eigenvalue weighted by Crippen LogP contribution is 2.31. The number of pyridine rings is 1. The molecule has 5 heteroatoms. The maximum atomic E-state index is 10.3. The Kier molecular flexibility index (Phi) is 3.74. The third kappa shape index (κ3) is 2.85. The van der Waals surface area contributed by atoms with Gasteiger partial charge in [-0.05, 0) is 21.5 Å². The normalized spacial score (nSPS) is 16.5. The Morgan fingerprint density at radius 1 is 1.25 bits per heavy atom. The first-order valence-electron chi connectivity index (χ1n) is 6.31. The van der Waals surface area contributed by atoms with E-state index in [-0.39, 0.29) is 13.2 Å². The number of aromatic nitrogens is 1. The van der Waals surface area contributed by atoms with Crippen molar-refractivity contribution in [2.24, 2.45) is 0 Å². The van der Waals surface area contributed by atoms with Gasteiger partial charge in [-0.2, -0.15) is 0 Å². The molecule has 0 unspecified atom stereocenters. The van der Waals surface area contributed by atoms with E-state index in [0.717, 1.165) is 5.56 Å². The number of rotatable bonds is 4. The van der Waals surface area contributed by atoms with Crippen molar-refractivity contribution in [3.8, 4) is 5.75 Å². The van der Waals surface area contributed by atoms with Crippen LogP contribution in [0.2, 0.25) is 0 Å². The van der Waals surface area contributed by atoms with Gasteiger partial charge in [-0.1, -0.05) is 30.3 Å². The Hall–Kier alpha value is -1.43. The molecule has 1 aromatic heterocycles. The fraction of sp³-hybridized carbons (Fsp3) is 0.267. The molecule has 0 aliphatic carbocycles. The highest BCUT2D eigenvalue weighted by atomic mass is 79.9. The number of halogens is 1. The zero-order chi connectivity index (χ0) is 14.0. The maximum absolute atomic E-state index is 10.3. The van der Waals surface area contributed by atoms with Crippen LogP contribution in [0.25, 0.3) is 0 Å². The number of benzene rings is 1. The van der Waals surface area contributed by atoms with Crippen molar-refractivity contribution in [2.75, 3.05) is 13.2 Å². The van der Waals surface area contributed by atoms with Gasteiger partial charge in [-0.25, -0.2) is 4.98 Å². The molecular formula is C15H14BrNO3. The monoisotopic (exact) mass is 335 g/mol. The number of hydrogen-bond acceptors (Lipinski definition) is 4. The molecule has 1 aromatic carbocycles. The van der Waals surface area contributed by atoms with E-state index in [1.165, 1.54) is 0 Å². The minimum atomic E-state index is -0.991. The summed E-state index contributed by atoms with van der Waals surface area (Å²) in [6.45, 7) is 1.02. The minimum absolute atomic E-state index is 0.272. The van der Waals surface area contributed by atoms with Crippen LogP contribution < -0.4 is 4.74 Å². The van der Waals surface area contributed by atoms with Gasteiger partial charge < -0.3 is 14.6 Å². The zero-order valence-electron chi connectivity index (χ0n) is 10.8. The van der Waals surface area contributed by atoms with E-state index in [0.29, 0.717) is 22.7 Å². The van der Waals surface area contributed by atoms with Crippen molar-refractivity contribution in [1.82, 2.24) is 4.98 Å². The summed E-state index contributed by atoms with van der Waals surface area (Å²) >= 11 is 3.34. The van der Waals surface area contributed by atoms with Crippen molar-refractivity contribution >= 4 is 15.9 Å². The zero-order valence-corrected chi connectivity index (χ0v) is 12.3. The Labute approximate surface area is 125 Å². The van der Waals surface area contributed by atoms with Crippen molar-refractivity contribution in [3.05, 3.63) is 58.3 Å². The molecule has 0 saturated carbocycles. The van der Waals surface area contributed by atoms with Crippen LogP contribution in [-0.2, 0) is 16.9 Å². The van der Waals surface area contributed by atoms with Crippen LogP contribution in [0.3, 0.4) is 0 Å². The lowest BCUT2D eigenvalue weighted by Crippen LogP contribution is -2.47. The minimum Gasteiger partial charge on any atom is -0.489 e. The quantitative estimate of drug-likeness (QED) is 0.872. The Morgan fingerprint density at radius 3 is 2.65 bits per heavy atom. The van der Waals surface area contributed by atoms with Crippen molar-refractivity contribution in [3.63, 3.8) is 0 Å². The fourth-order valence-electron chi connectivity index (χ4n) is 1.98. The maximum Gasteiger partial charge on any atom is 0.153 e. The molecular weight excluding hydrogens is 322 g/mol. The van der Waals surface area contributed by atoms with E-state index in [1.807, 2.05) is 30.3 Å². The Morgan fingerprint density at radius 2 is 2.00 bits per heavy atom. The van der Waals surface area contributed by atoms with Crippen molar-refractivity contribution in [2.45, 2.75) is 12.2 Å². The van der Waals surface area contributed by atoms with Gasteiger partial charge in [0.25, 0.3) is 0 Å². The molecule has 104 valence electrons. The average Bonchev–Trinajstić information content (AvgIpc) is 2.43. The van der Waals surface area contributed by atoms with E-state index in [2.05, 4.69) is 20.9 Å². The second-order valence-corrected chi connectivity index (χ2v) is 5.62. The summed E-state index contributed by atoms with van der Waals surface area (Å²) in [7, 11) is 0. The second-order valence-electron chi connectivity index (χ2n) is 4.81. The summed E-state index contributed by atoms with van der Waals surface area (Å²) in [5.74, 6) is 0.672. The third-order valence-electron chi connectivity index (χ3n) is 3.17. The lowest BCUT2D eigenvalue weighted by atomic mass is 9.97. The molecule has 0 atom stereocenters. The van der Waals surface area contributed by atoms with Gasteiger partial charge >= 0.3 is 0 Å². The average molecular weight is 336 g/mol. The summed E-state index contributed by atoms with van der Waals surface area (Å²) < 4.78 is 11.4. The molecule has 1 fully saturated rings. The summed E-state index contributed by atoms with van der Waals surface area (Å²) in [6.07, 6.45) is 0. The Bertz CT molecular complexity index is 599. The van der Waals surface area contributed by atoms with Crippen LogP contribution in [0, 0.1) is 0 Å². The van der Waals surface area contributed by atoms with Crippen LogP contribution in [0.4, 0.5) is 0 Å². The molecule has 4 nitrogen and oxygen atoms in total. The number of ether oxygens (including phenoxy) is 2. The van der Waals surface area contributed by atoms with Crippen LogP contribution in [0.1, 0.15) is 11.3 Å². The topological polar surface area (TPSA) is 51.6 Å². The molecule has 1 N–H and O–H groups in total. The molecule has 0 radical (unpaired) electrons. The first-order valence-corrected chi connectivity index (χ1v) is 7.10. The number of nitrogens with zero attached hydrogens (tertiary/aromatic N) is 1. The molecule has 0 spiro atoms. The molecule has 2 aromatic rings. The van der Waals surface area contributed by atoms with Gasteiger partial charge in [-0.15, -0.1) is 0 Å². The molecule has 0 bridgehead atoms. The standard InChI is InChI=1S/C15H14BrNO3/c16-14-7-12(20-8-11-4-2-1-3-5-11)6-13(17-14)15(18)9-19-10-15/h1-7,18H,8-10H2. The van der Waals surface area contributed by atoms with Gasteiger partial charge in [0.15, 0.2) is 5.60 Å². The largest absolute Gasteiger partial charge is 0.489 e. The molecule has 0 amide bonds. The van der Waals surface area contributed by atoms with Gasteiger partial charge in [0.2, 0.25) is 0 Å². The molecule has 3 rings (SSSR count). The predicted octanol–water partition coefficient (Wildman–Crippen LogP) is 2.64. The lowest BCUT2D eigenvalue weighted by molar-refractivity contribution is -0.187. The predicted molar refractivity (Wildman–Crippen MR) is 77.4 cm³/mol. The summed E-state index contributed by atoms with van der Waals surface area (Å²) in [5, 5.41) is 10.3. The summed E-state index contributed by atoms with van der Waals surface area (Å²) in [6, 6.07) is 13.5. The highest BCUT2D eigenvalue weighted by molar-refractivity contribution is 9.10. The van der Waals surface area contributed by atoms with Crippen molar-refractivity contribution in [1.29, 1.82) is 0 Å². The van der Waals surface area contributed by atoms with Crippen LogP contribution >= 0.6 is 15.9 Å². The highest BCUT2D eigenvalue weighted by Gasteiger charge is 2.40. The van der Waals surface area contributed by atoms with Crippen LogP contribution in [-0.4, -0.2) is 23.3 Å². The van der Waals surface area contributed by atoms with Gasteiger partial charge in [0, 0.05) is 12.1 Å². The SMILES string of the molecule is OC1(c2cc(OCc3ccccc3)cc(Br)n2)COC1. The Balaban J connectivity index is 1.76. The fourth-order valence-corrected chi connectivity index (χ4v) is 2.40. The van der Waals surface area contributed by atoms with Gasteiger partial charge in [0.1, 0.15) is 17.0 Å². The second kappa shape index (κ2) is 5.52. The van der Waals surface area contributed by atoms with E-state index >= 15 is 0 Å². The van der Waals surface area contributed by atoms with E-state index in [1.54, 1.807) is 12.1 Å². The number of aliphatic hydroxyl groups is 1.